The van der Waals surface area contributed by atoms with E-state index in [4.69, 9.17) is 0 Å². The second-order valence-corrected chi connectivity index (χ2v) is 10.4. The van der Waals surface area contributed by atoms with Crippen LogP contribution < -0.4 is 15.3 Å². The van der Waals surface area contributed by atoms with Gasteiger partial charge in [-0.1, -0.05) is 18.2 Å². The van der Waals surface area contributed by atoms with E-state index in [1.807, 2.05) is 0 Å². The van der Waals surface area contributed by atoms with Gasteiger partial charge in [-0.25, -0.2) is 0 Å². The summed E-state index contributed by atoms with van der Waals surface area (Å²) in [6, 6.07) is 2.89. The van der Waals surface area contributed by atoms with Crippen LogP contribution in [0.1, 0.15) is 114 Å². The third-order valence-corrected chi connectivity index (χ3v) is 9.76. The summed E-state index contributed by atoms with van der Waals surface area (Å²) in [5.74, 6) is -5.50. The van der Waals surface area contributed by atoms with Gasteiger partial charge < -0.3 is 43.2 Å². The van der Waals surface area contributed by atoms with Crippen LogP contribution in [-0.4, -0.2) is 110 Å². The molecule has 246 valence electrons. The van der Waals surface area contributed by atoms with Crippen molar-refractivity contribution in [2.24, 2.45) is 0 Å². The molecule has 0 heterocycles. The van der Waals surface area contributed by atoms with Crippen LogP contribution >= 0.6 is 0 Å². The molecule has 0 saturated heterocycles. The average molecular weight is 598 g/mol. The van der Waals surface area contributed by atoms with Crippen molar-refractivity contribution in [2.75, 3.05) is 78.5 Å². The molecule has 0 unspecified atom stereocenters. The topological polar surface area (TPSA) is 120 Å². The molecule has 0 spiro atoms. The van der Waals surface area contributed by atoms with Gasteiger partial charge in [0.05, 0.1) is 96.4 Å². The van der Waals surface area contributed by atoms with E-state index in [9.17, 15) is 29.7 Å². The minimum atomic E-state index is -1.91. The van der Waals surface area contributed by atoms with E-state index in [-0.39, 0.29) is 0 Å². The molecule has 1 aromatic rings. The molecule has 0 fully saturated rings. The molecule has 0 amide bonds. The molecular weight excluding hydrogens is 534 g/mol. The third kappa shape index (κ3) is 14.1. The number of carbonyl (C=O) groups is 3. The molecule has 0 aliphatic heterocycles. The highest BCUT2D eigenvalue weighted by Gasteiger charge is 2.17. The van der Waals surface area contributed by atoms with Crippen LogP contribution in [0.3, 0.4) is 0 Å². The van der Waals surface area contributed by atoms with E-state index < -0.39 is 34.6 Å². The summed E-state index contributed by atoms with van der Waals surface area (Å²) in [5.41, 5.74) is -2.45. The Morgan fingerprint density at radius 3 is 0.714 bits per heavy atom. The molecule has 0 aliphatic carbocycles. The van der Waals surface area contributed by atoms with E-state index in [1.165, 1.54) is 92.0 Å². The zero-order valence-corrected chi connectivity index (χ0v) is 29.0. The number of quaternary nitrogens is 3. The first kappa shape index (κ1) is 44.0. The number of carboxylic acids is 3. The SMILES string of the molecule is CC[N+](CC)(CC)CC.CC[N+](CC)(CC)CC.CC[N+](CC)(CC)CC.O=C([O-])c1cccc(C(=O)[O-])c1C(=O)[O-]. The Morgan fingerprint density at radius 2 is 0.619 bits per heavy atom. The molecule has 0 aromatic heterocycles. The Bertz CT molecular complexity index is 759. The lowest BCUT2D eigenvalue weighted by Gasteiger charge is -2.34. The average Bonchev–Trinajstić information content (AvgIpc) is 3.02. The summed E-state index contributed by atoms with van der Waals surface area (Å²) in [7, 11) is 0. The number of aromatic carboxylic acids is 3. The lowest BCUT2D eigenvalue weighted by molar-refractivity contribution is -0.921. The van der Waals surface area contributed by atoms with E-state index in [2.05, 4.69) is 83.1 Å². The fourth-order valence-corrected chi connectivity index (χ4v) is 5.14. The van der Waals surface area contributed by atoms with Crippen LogP contribution in [0, 0.1) is 0 Å². The highest BCUT2D eigenvalue weighted by Crippen LogP contribution is 2.13. The maximum absolute atomic E-state index is 10.6. The molecule has 0 radical (unpaired) electrons. The van der Waals surface area contributed by atoms with Gasteiger partial charge in [0.25, 0.3) is 0 Å². The van der Waals surface area contributed by atoms with Gasteiger partial charge in [-0.15, -0.1) is 0 Å². The van der Waals surface area contributed by atoms with Gasteiger partial charge in [0.15, 0.2) is 0 Å². The molecule has 0 aliphatic rings. The molecule has 9 heteroatoms. The number of carboxylic acid groups (broad SMARTS) is 3. The van der Waals surface area contributed by atoms with Crippen molar-refractivity contribution < 1.29 is 43.2 Å². The van der Waals surface area contributed by atoms with Gasteiger partial charge in [-0.05, 0) is 83.1 Å². The Hall–Kier alpha value is -2.49. The fraction of sp³-hybridized carbons (Fsp3) is 0.727. The number of benzene rings is 1. The fourth-order valence-electron chi connectivity index (χ4n) is 5.14. The number of carbonyl (C=O) groups excluding carboxylic acids is 3. The summed E-state index contributed by atoms with van der Waals surface area (Å²) in [4.78, 5) is 31.5. The van der Waals surface area contributed by atoms with Crippen LogP contribution in [0.2, 0.25) is 0 Å². The first-order valence-electron chi connectivity index (χ1n) is 16.0. The molecule has 1 aromatic carbocycles. The van der Waals surface area contributed by atoms with E-state index in [0.29, 0.717) is 0 Å². The van der Waals surface area contributed by atoms with Gasteiger partial charge in [-0.2, -0.15) is 0 Å². The zero-order chi connectivity index (χ0) is 33.6. The third-order valence-electron chi connectivity index (χ3n) is 9.76. The van der Waals surface area contributed by atoms with E-state index >= 15 is 0 Å². The summed E-state index contributed by atoms with van der Waals surface area (Å²) >= 11 is 0. The Labute approximate surface area is 257 Å². The van der Waals surface area contributed by atoms with Crippen molar-refractivity contribution in [3.63, 3.8) is 0 Å². The number of hydrogen-bond donors (Lipinski definition) is 0. The van der Waals surface area contributed by atoms with Crippen molar-refractivity contribution >= 4 is 17.9 Å². The van der Waals surface area contributed by atoms with E-state index in [0.717, 1.165) is 18.2 Å². The van der Waals surface area contributed by atoms with E-state index in [1.54, 1.807) is 0 Å². The number of nitrogens with zero attached hydrogens (tertiary/aromatic N) is 3. The smallest absolute Gasteiger partial charge is 0.0757 e. The largest absolute Gasteiger partial charge is 0.545 e. The molecular formula is C33H63N3O6. The van der Waals surface area contributed by atoms with Gasteiger partial charge >= 0.3 is 0 Å². The predicted molar refractivity (Wildman–Crippen MR) is 167 cm³/mol. The lowest BCUT2D eigenvalue weighted by atomic mass is 10.0. The number of hydrogen-bond acceptors (Lipinski definition) is 6. The summed E-state index contributed by atoms with van der Waals surface area (Å²) in [6.45, 7) is 42.7. The number of rotatable bonds is 15. The quantitative estimate of drug-likeness (QED) is 0.287. The Balaban J connectivity index is -0.000000500. The van der Waals surface area contributed by atoms with Crippen molar-refractivity contribution in [1.82, 2.24) is 0 Å². The first-order chi connectivity index (χ1) is 19.7. The first-order valence-corrected chi connectivity index (χ1v) is 16.0. The van der Waals surface area contributed by atoms with Crippen LogP contribution in [0.5, 0.6) is 0 Å². The molecule has 42 heavy (non-hydrogen) atoms. The van der Waals surface area contributed by atoms with Crippen LogP contribution in [-0.2, 0) is 0 Å². The van der Waals surface area contributed by atoms with Gasteiger partial charge in [0, 0.05) is 16.7 Å². The summed E-state index contributed by atoms with van der Waals surface area (Å²) in [6.07, 6.45) is 0. The summed E-state index contributed by atoms with van der Waals surface area (Å²) in [5, 5.41) is 31.5. The minimum absolute atomic E-state index is 0.753. The maximum atomic E-state index is 10.6. The standard InChI is InChI=1S/C9H6O6.3C8H20N/c10-7(11)4-2-1-3-5(8(12)13)6(4)9(14)15;3*1-5-9(6-2,7-3)8-4/h1-3H,(H,10,11)(H,12,13)(H,14,15);3*5-8H2,1-4H3/q;3*+1/p-3. The van der Waals surface area contributed by atoms with Crippen molar-refractivity contribution in [3.05, 3.63) is 34.9 Å². The molecule has 0 bridgehead atoms. The molecule has 1 rings (SSSR count). The highest BCUT2D eigenvalue weighted by molar-refractivity contribution is 6.07. The zero-order valence-electron chi connectivity index (χ0n) is 29.0. The predicted octanol–water partition coefficient (Wildman–Crippen LogP) is 2.43. The molecule has 0 N–H and O–H groups in total. The second-order valence-electron chi connectivity index (χ2n) is 10.4. The van der Waals surface area contributed by atoms with Crippen molar-refractivity contribution in [1.29, 1.82) is 0 Å². The summed E-state index contributed by atoms with van der Waals surface area (Å²) < 4.78 is 3.83. The van der Waals surface area contributed by atoms with Gasteiger partial charge in [0.1, 0.15) is 0 Å². The van der Waals surface area contributed by atoms with Crippen LogP contribution in [0.4, 0.5) is 0 Å². The maximum Gasteiger partial charge on any atom is 0.0757 e. The van der Waals surface area contributed by atoms with Crippen LogP contribution in [0.15, 0.2) is 18.2 Å². The minimum Gasteiger partial charge on any atom is -0.545 e. The molecule has 9 nitrogen and oxygen atoms in total. The Kier molecular flexibility index (Phi) is 24.1. The van der Waals surface area contributed by atoms with Crippen LogP contribution in [0.25, 0.3) is 0 Å². The molecule has 0 atom stereocenters. The molecule has 0 saturated carbocycles. The van der Waals surface area contributed by atoms with Crippen molar-refractivity contribution in [3.8, 4) is 0 Å². The van der Waals surface area contributed by atoms with Gasteiger partial charge in [0.2, 0.25) is 0 Å². The highest BCUT2D eigenvalue weighted by atomic mass is 16.4. The lowest BCUT2D eigenvalue weighted by Crippen LogP contribution is -2.47. The van der Waals surface area contributed by atoms with Crippen molar-refractivity contribution in [2.45, 2.75) is 83.1 Å². The normalized spacial score (nSPS) is 11.1. The monoisotopic (exact) mass is 597 g/mol. The van der Waals surface area contributed by atoms with Gasteiger partial charge in [-0.3, -0.25) is 0 Å². The second kappa shape index (κ2) is 23.0. The Morgan fingerprint density at radius 1 is 0.429 bits per heavy atom.